The number of hydrogen-bond acceptors (Lipinski definition) is 12. The van der Waals surface area contributed by atoms with E-state index in [0.29, 0.717) is 68.6 Å². The van der Waals surface area contributed by atoms with Gasteiger partial charge in [0.05, 0.1) is 17.6 Å². The zero-order valence-electron chi connectivity index (χ0n) is 41.5. The van der Waals surface area contributed by atoms with E-state index in [1.54, 1.807) is 52.0 Å². The molecule has 5 atom stereocenters. The third-order valence-electron chi connectivity index (χ3n) is 12.2. The summed E-state index contributed by atoms with van der Waals surface area (Å²) in [6.45, 7) is 18.3. The van der Waals surface area contributed by atoms with Crippen molar-refractivity contribution in [1.82, 2.24) is 30.6 Å². The molecule has 4 N–H and O–H groups in total. The second kappa shape index (κ2) is 23.2. The average Bonchev–Trinajstić information content (AvgIpc) is 4.04. The molecule has 1 saturated heterocycles. The fourth-order valence-corrected chi connectivity index (χ4v) is 9.49. The van der Waals surface area contributed by atoms with Gasteiger partial charge in [-0.2, -0.15) is 0 Å². The lowest BCUT2D eigenvalue weighted by atomic mass is 9.85. The van der Waals surface area contributed by atoms with Crippen LogP contribution in [0.4, 0.5) is 4.79 Å². The van der Waals surface area contributed by atoms with Crippen molar-refractivity contribution >= 4 is 45.7 Å². The first-order valence-electron chi connectivity index (χ1n) is 24.1. The molecule has 5 rings (SSSR count). The van der Waals surface area contributed by atoms with E-state index in [2.05, 4.69) is 32.2 Å². The van der Waals surface area contributed by atoms with Crippen molar-refractivity contribution in [2.24, 2.45) is 11.8 Å². The van der Waals surface area contributed by atoms with Gasteiger partial charge in [0.1, 0.15) is 40.3 Å². The van der Waals surface area contributed by atoms with Crippen molar-refractivity contribution < 1.29 is 51.4 Å². The van der Waals surface area contributed by atoms with Gasteiger partial charge in [-0.3, -0.25) is 28.7 Å². The Labute approximate surface area is 407 Å². The van der Waals surface area contributed by atoms with E-state index in [1.807, 2.05) is 51.1 Å². The van der Waals surface area contributed by atoms with Crippen LogP contribution in [-0.4, -0.2) is 101 Å². The Hall–Kier alpha value is -5.78. The molecule has 1 aromatic carbocycles. The SMILES string of the molecule is C=C(NC(=O)c1cccc(-c2cccc(OCCCCCC(=O)OC(C)(C)C)c2)n1)C1CC2C(=O)NC(C)(C(=O)NS(=O)(=O)C3CC3)C(C)C=CCCCCCC(NC(=O)OC(C)(C)C)C(=O)N2C1. The highest BCUT2D eigenvalue weighted by Crippen LogP contribution is 2.32. The Morgan fingerprint density at radius 3 is 2.33 bits per heavy atom. The lowest BCUT2D eigenvalue weighted by Crippen LogP contribution is -2.64. The molecule has 0 bridgehead atoms. The van der Waals surface area contributed by atoms with E-state index in [-0.39, 0.29) is 36.7 Å². The van der Waals surface area contributed by atoms with Crippen molar-refractivity contribution in [3.8, 4) is 17.0 Å². The van der Waals surface area contributed by atoms with Crippen molar-refractivity contribution in [2.75, 3.05) is 13.2 Å². The first-order chi connectivity index (χ1) is 32.3. The fourth-order valence-electron chi connectivity index (χ4n) is 8.09. The van der Waals surface area contributed by atoms with E-state index in [4.69, 9.17) is 14.2 Å². The number of nitrogens with zero attached hydrogens (tertiary/aromatic N) is 2. The lowest BCUT2D eigenvalue weighted by molar-refractivity contribution is -0.155. The standard InChI is InChI=1S/C51H72N6O11S/c1-33-20-14-11-10-12-15-23-41(54-48(63)68-50(6,7)8)46(61)57-32-36(31-42(57)45(60)55-51(33,9)47(62)56-69(64,65)38-27-28-38)34(2)52-44(59)40-25-19-24-39(53-40)35-21-18-22-37(30-35)66-29-17-13-16-26-43(58)67-49(3,4)5/h14,18-22,24-25,30,33,36,38,41-42H,2,10-13,15-17,23,26-29,31-32H2,1,3-9H3,(H,52,59)(H,54,63)(H,55,60)(H,56,62). The minimum Gasteiger partial charge on any atom is -0.494 e. The summed E-state index contributed by atoms with van der Waals surface area (Å²) < 4.78 is 45.1. The molecule has 2 aromatic rings. The van der Waals surface area contributed by atoms with Gasteiger partial charge in [-0.1, -0.05) is 56.7 Å². The Kier molecular flexibility index (Phi) is 18.2. The highest BCUT2D eigenvalue weighted by atomic mass is 32.2. The third-order valence-corrected chi connectivity index (χ3v) is 14.0. The van der Waals surface area contributed by atoms with Crippen LogP contribution in [0.25, 0.3) is 11.3 Å². The van der Waals surface area contributed by atoms with Crippen LogP contribution >= 0.6 is 0 Å². The van der Waals surface area contributed by atoms with Gasteiger partial charge in [0, 0.05) is 36.1 Å². The topological polar surface area (TPSA) is 228 Å². The Morgan fingerprint density at radius 1 is 0.928 bits per heavy atom. The van der Waals surface area contributed by atoms with Gasteiger partial charge in [-0.25, -0.2) is 18.2 Å². The van der Waals surface area contributed by atoms with Gasteiger partial charge < -0.3 is 35.1 Å². The Bertz CT molecular complexity index is 2350. The molecule has 5 amide bonds. The molecule has 2 fully saturated rings. The summed E-state index contributed by atoms with van der Waals surface area (Å²) in [6, 6.07) is 10.0. The summed E-state index contributed by atoms with van der Waals surface area (Å²) in [5, 5.41) is 7.70. The molecule has 1 aliphatic carbocycles. The lowest BCUT2D eigenvalue weighted by Gasteiger charge is -2.36. The van der Waals surface area contributed by atoms with Crippen LogP contribution in [0.3, 0.4) is 0 Å². The second-order valence-corrected chi connectivity index (χ2v) is 22.5. The van der Waals surface area contributed by atoms with Crippen LogP contribution in [-0.2, 0) is 38.7 Å². The van der Waals surface area contributed by atoms with Crippen molar-refractivity contribution in [2.45, 2.75) is 167 Å². The van der Waals surface area contributed by atoms with E-state index in [0.717, 1.165) is 19.3 Å². The van der Waals surface area contributed by atoms with Crippen molar-refractivity contribution in [1.29, 1.82) is 0 Å². The molecular formula is C51H72N6O11S. The van der Waals surface area contributed by atoms with E-state index < -0.39 is 85.7 Å². The summed E-state index contributed by atoms with van der Waals surface area (Å²) in [7, 11) is -3.99. The molecule has 0 spiro atoms. The van der Waals surface area contributed by atoms with E-state index in [1.165, 1.54) is 11.8 Å². The van der Waals surface area contributed by atoms with Crippen LogP contribution in [0.1, 0.15) is 143 Å². The van der Waals surface area contributed by atoms with Gasteiger partial charge >= 0.3 is 12.1 Å². The van der Waals surface area contributed by atoms with Crippen LogP contribution in [0.5, 0.6) is 5.75 Å². The van der Waals surface area contributed by atoms with Crippen molar-refractivity contribution in [3.05, 3.63) is 72.6 Å². The summed E-state index contributed by atoms with van der Waals surface area (Å²) in [5.74, 6) is -3.72. The quantitative estimate of drug-likeness (QED) is 0.0802. The number of alkyl carbamates (subject to hydrolysis) is 1. The number of amides is 5. The third kappa shape index (κ3) is 16.1. The molecule has 3 heterocycles. The predicted octanol–water partition coefficient (Wildman–Crippen LogP) is 7.02. The number of fused-ring (bicyclic) bond motifs is 1. The number of sulfonamides is 1. The zero-order valence-corrected chi connectivity index (χ0v) is 42.3. The highest BCUT2D eigenvalue weighted by Gasteiger charge is 2.49. The largest absolute Gasteiger partial charge is 0.494 e. The molecule has 69 heavy (non-hydrogen) atoms. The first-order valence-corrected chi connectivity index (χ1v) is 25.7. The molecule has 378 valence electrons. The molecule has 3 aliphatic rings. The number of rotatable bonds is 15. The number of benzene rings is 1. The van der Waals surface area contributed by atoms with Gasteiger partial charge in [-0.15, -0.1) is 0 Å². The molecule has 1 aromatic heterocycles. The Balaban J connectivity index is 1.32. The number of aromatic nitrogens is 1. The van der Waals surface area contributed by atoms with Gasteiger partial charge in [0.25, 0.3) is 11.8 Å². The molecule has 5 unspecified atom stereocenters. The van der Waals surface area contributed by atoms with Gasteiger partial charge in [-0.05, 0) is 131 Å². The van der Waals surface area contributed by atoms with E-state index >= 15 is 0 Å². The summed E-state index contributed by atoms with van der Waals surface area (Å²) in [5.41, 5.74) is -1.63. The Morgan fingerprint density at radius 2 is 1.64 bits per heavy atom. The number of ether oxygens (including phenoxy) is 3. The number of esters is 1. The number of pyridine rings is 1. The summed E-state index contributed by atoms with van der Waals surface area (Å²) in [6.07, 6.45) is 9.14. The minimum absolute atomic E-state index is 0.0257. The minimum atomic E-state index is -3.99. The summed E-state index contributed by atoms with van der Waals surface area (Å²) in [4.78, 5) is 88.2. The molecule has 2 aliphatic heterocycles. The molecule has 0 radical (unpaired) electrons. The monoisotopic (exact) mass is 976 g/mol. The maximum Gasteiger partial charge on any atom is 0.408 e. The fraction of sp³-hybridized carbons (Fsp3) is 0.588. The number of allylic oxidation sites excluding steroid dienone is 1. The number of carbonyl (C=O) groups is 6. The zero-order chi connectivity index (χ0) is 50.7. The highest BCUT2D eigenvalue weighted by molar-refractivity contribution is 7.91. The van der Waals surface area contributed by atoms with E-state index in [9.17, 15) is 37.2 Å². The van der Waals surface area contributed by atoms with Gasteiger partial charge in [0.2, 0.25) is 21.8 Å². The van der Waals surface area contributed by atoms with Crippen molar-refractivity contribution in [3.63, 3.8) is 0 Å². The molecular weight excluding hydrogens is 905 g/mol. The van der Waals surface area contributed by atoms with Gasteiger partial charge in [0.15, 0.2) is 0 Å². The van der Waals surface area contributed by atoms with Crippen LogP contribution in [0.15, 0.2) is 66.9 Å². The summed E-state index contributed by atoms with van der Waals surface area (Å²) >= 11 is 0. The second-order valence-electron chi connectivity index (χ2n) is 20.5. The number of hydrogen-bond donors (Lipinski definition) is 4. The number of nitrogens with one attached hydrogen (secondary N) is 4. The normalized spacial score (nSPS) is 22.8. The molecule has 1 saturated carbocycles. The smallest absolute Gasteiger partial charge is 0.408 e. The first kappa shape index (κ1) is 54.2. The number of carbonyl (C=O) groups excluding carboxylic acids is 6. The average molecular weight is 977 g/mol. The molecule has 17 nitrogen and oxygen atoms in total. The molecule has 18 heteroatoms. The van der Waals surface area contributed by atoms with Crippen LogP contribution in [0, 0.1) is 11.8 Å². The maximum absolute atomic E-state index is 14.7. The van der Waals surface area contributed by atoms with Crippen LogP contribution in [0.2, 0.25) is 0 Å². The van der Waals surface area contributed by atoms with Crippen LogP contribution < -0.4 is 25.4 Å². The predicted molar refractivity (Wildman–Crippen MR) is 261 cm³/mol. The number of unbranched alkanes of at least 4 members (excludes halogenated alkanes) is 2. The maximum atomic E-state index is 14.7.